The van der Waals surface area contributed by atoms with Gasteiger partial charge in [-0.2, -0.15) is 0 Å². The van der Waals surface area contributed by atoms with Crippen LogP contribution in [-0.4, -0.2) is 31.1 Å². The Morgan fingerprint density at radius 1 is 1.19 bits per heavy atom. The molecule has 6 heteroatoms. The van der Waals surface area contributed by atoms with E-state index in [0.717, 1.165) is 11.3 Å². The molecule has 3 rings (SSSR count). The van der Waals surface area contributed by atoms with Gasteiger partial charge in [-0.15, -0.1) is 0 Å². The Morgan fingerprint density at radius 2 is 1.92 bits per heavy atom. The summed E-state index contributed by atoms with van der Waals surface area (Å²) in [4.78, 5) is 26.6. The van der Waals surface area contributed by atoms with E-state index in [1.54, 1.807) is 17.0 Å². The van der Waals surface area contributed by atoms with E-state index in [-0.39, 0.29) is 5.91 Å². The number of ether oxygens (including phenoxy) is 1. The first kappa shape index (κ1) is 17.8. The van der Waals surface area contributed by atoms with Gasteiger partial charge >= 0.3 is 6.03 Å². The molecule has 1 fully saturated rings. The standard InChI is InChI=1S/C20H23N3O3/c1-3-26-18-7-5-4-6-16(18)21-20(25)22-17-12-13-23(19(17)24)15-10-8-14(2)9-11-15/h4-11,17H,3,12-13H2,1-2H3,(H2,21,22,25). The molecule has 136 valence electrons. The van der Waals surface area contributed by atoms with E-state index < -0.39 is 12.1 Å². The van der Waals surface area contributed by atoms with Crippen molar-refractivity contribution in [1.29, 1.82) is 0 Å². The lowest BCUT2D eigenvalue weighted by Crippen LogP contribution is -2.43. The number of hydrogen-bond donors (Lipinski definition) is 2. The van der Waals surface area contributed by atoms with Crippen LogP contribution in [-0.2, 0) is 4.79 Å². The number of aryl methyl sites for hydroxylation is 1. The zero-order valence-corrected chi connectivity index (χ0v) is 15.0. The third kappa shape index (κ3) is 3.96. The molecule has 2 N–H and O–H groups in total. The monoisotopic (exact) mass is 353 g/mol. The molecule has 0 spiro atoms. The quantitative estimate of drug-likeness (QED) is 0.866. The van der Waals surface area contributed by atoms with Crippen molar-refractivity contribution in [1.82, 2.24) is 5.32 Å². The minimum absolute atomic E-state index is 0.0953. The maximum Gasteiger partial charge on any atom is 0.319 e. The predicted molar refractivity (Wildman–Crippen MR) is 102 cm³/mol. The average molecular weight is 353 g/mol. The summed E-state index contributed by atoms with van der Waals surface area (Å²) < 4.78 is 5.50. The van der Waals surface area contributed by atoms with Gasteiger partial charge in [0.1, 0.15) is 11.8 Å². The molecule has 1 atom stereocenters. The van der Waals surface area contributed by atoms with Gasteiger partial charge in [0.05, 0.1) is 12.3 Å². The van der Waals surface area contributed by atoms with Crippen LogP contribution in [0.2, 0.25) is 0 Å². The SMILES string of the molecule is CCOc1ccccc1NC(=O)NC1CCN(c2ccc(C)cc2)C1=O. The normalized spacial score (nSPS) is 16.5. The van der Waals surface area contributed by atoms with Crippen molar-refractivity contribution in [2.24, 2.45) is 0 Å². The number of urea groups is 1. The van der Waals surface area contributed by atoms with Crippen LogP contribution in [0.25, 0.3) is 0 Å². The molecule has 3 amide bonds. The Balaban J connectivity index is 1.62. The number of nitrogens with zero attached hydrogens (tertiary/aromatic N) is 1. The summed E-state index contributed by atoms with van der Waals surface area (Å²) in [6, 6.07) is 14.1. The number of para-hydroxylation sites is 2. The van der Waals surface area contributed by atoms with Crippen molar-refractivity contribution in [2.45, 2.75) is 26.3 Å². The summed E-state index contributed by atoms with van der Waals surface area (Å²) in [6.07, 6.45) is 0.577. The number of hydrogen-bond acceptors (Lipinski definition) is 3. The second kappa shape index (κ2) is 7.91. The highest BCUT2D eigenvalue weighted by Gasteiger charge is 2.33. The number of carbonyl (C=O) groups is 2. The van der Waals surface area contributed by atoms with Crippen LogP contribution in [0.1, 0.15) is 18.9 Å². The van der Waals surface area contributed by atoms with E-state index in [2.05, 4.69) is 10.6 Å². The van der Waals surface area contributed by atoms with Crippen LogP contribution in [0, 0.1) is 6.92 Å². The fourth-order valence-electron chi connectivity index (χ4n) is 2.96. The molecule has 2 aromatic carbocycles. The smallest absolute Gasteiger partial charge is 0.319 e. The molecular formula is C20H23N3O3. The second-order valence-corrected chi connectivity index (χ2v) is 6.19. The Morgan fingerprint density at radius 3 is 2.65 bits per heavy atom. The number of nitrogens with one attached hydrogen (secondary N) is 2. The van der Waals surface area contributed by atoms with E-state index in [4.69, 9.17) is 4.74 Å². The highest BCUT2D eigenvalue weighted by molar-refractivity contribution is 6.02. The number of benzene rings is 2. The molecule has 0 aromatic heterocycles. The van der Waals surface area contributed by atoms with Gasteiger partial charge in [0.25, 0.3) is 0 Å². The molecule has 1 heterocycles. The van der Waals surface area contributed by atoms with Gasteiger partial charge in [-0.3, -0.25) is 4.79 Å². The van der Waals surface area contributed by atoms with Crippen molar-refractivity contribution in [3.8, 4) is 5.75 Å². The molecule has 1 aliphatic rings. The van der Waals surface area contributed by atoms with Gasteiger partial charge in [0.2, 0.25) is 5.91 Å². The third-order valence-corrected chi connectivity index (χ3v) is 4.29. The zero-order valence-electron chi connectivity index (χ0n) is 15.0. The molecule has 2 aromatic rings. The fourth-order valence-corrected chi connectivity index (χ4v) is 2.96. The Labute approximate surface area is 153 Å². The van der Waals surface area contributed by atoms with Crippen LogP contribution in [0.4, 0.5) is 16.2 Å². The van der Waals surface area contributed by atoms with Gasteiger partial charge in [-0.25, -0.2) is 4.79 Å². The lowest BCUT2D eigenvalue weighted by molar-refractivity contribution is -0.118. The van der Waals surface area contributed by atoms with Crippen LogP contribution in [0.3, 0.4) is 0 Å². The topological polar surface area (TPSA) is 70.7 Å². The number of amides is 3. The maximum atomic E-state index is 12.6. The molecule has 0 bridgehead atoms. The Kier molecular flexibility index (Phi) is 5.41. The molecule has 1 saturated heterocycles. The second-order valence-electron chi connectivity index (χ2n) is 6.19. The minimum atomic E-state index is -0.532. The summed E-state index contributed by atoms with van der Waals surface area (Å²) in [5, 5.41) is 5.52. The first-order chi connectivity index (χ1) is 12.6. The van der Waals surface area contributed by atoms with Gasteiger partial charge < -0.3 is 20.3 Å². The number of anilines is 2. The predicted octanol–water partition coefficient (Wildman–Crippen LogP) is 3.32. The molecule has 1 unspecified atom stereocenters. The van der Waals surface area contributed by atoms with Crippen LogP contribution in [0.5, 0.6) is 5.75 Å². The summed E-state index contributed by atoms with van der Waals surface area (Å²) in [6.45, 7) is 4.98. The molecule has 0 radical (unpaired) electrons. The van der Waals surface area contributed by atoms with Gasteiger partial charge in [-0.1, -0.05) is 29.8 Å². The van der Waals surface area contributed by atoms with Crippen molar-refractivity contribution < 1.29 is 14.3 Å². The van der Waals surface area contributed by atoms with Gasteiger partial charge in [0.15, 0.2) is 0 Å². The van der Waals surface area contributed by atoms with Crippen molar-refractivity contribution in [2.75, 3.05) is 23.4 Å². The van der Waals surface area contributed by atoms with Crippen LogP contribution >= 0.6 is 0 Å². The average Bonchev–Trinajstić information content (AvgIpc) is 2.98. The van der Waals surface area contributed by atoms with Gasteiger partial charge in [0, 0.05) is 12.2 Å². The van der Waals surface area contributed by atoms with E-state index in [9.17, 15) is 9.59 Å². The molecular weight excluding hydrogens is 330 g/mol. The highest BCUT2D eigenvalue weighted by atomic mass is 16.5. The van der Waals surface area contributed by atoms with Crippen molar-refractivity contribution in [3.05, 3.63) is 54.1 Å². The minimum Gasteiger partial charge on any atom is -0.492 e. The molecule has 6 nitrogen and oxygen atoms in total. The van der Waals surface area contributed by atoms with Crippen molar-refractivity contribution in [3.63, 3.8) is 0 Å². The maximum absolute atomic E-state index is 12.6. The van der Waals surface area contributed by atoms with Crippen LogP contribution < -0.4 is 20.3 Å². The number of carbonyl (C=O) groups excluding carboxylic acids is 2. The van der Waals surface area contributed by atoms with E-state index >= 15 is 0 Å². The van der Waals surface area contributed by atoms with Gasteiger partial charge in [-0.05, 0) is 44.5 Å². The summed E-state index contributed by atoms with van der Waals surface area (Å²) in [7, 11) is 0. The van der Waals surface area contributed by atoms with Crippen molar-refractivity contribution >= 4 is 23.3 Å². The summed E-state index contributed by atoms with van der Waals surface area (Å²) in [5.74, 6) is 0.506. The van der Waals surface area contributed by atoms with E-state index in [0.29, 0.717) is 31.0 Å². The molecule has 0 aliphatic carbocycles. The fraction of sp³-hybridized carbons (Fsp3) is 0.300. The Bertz CT molecular complexity index is 789. The summed E-state index contributed by atoms with van der Waals surface area (Å²) in [5.41, 5.74) is 2.57. The third-order valence-electron chi connectivity index (χ3n) is 4.29. The highest BCUT2D eigenvalue weighted by Crippen LogP contribution is 2.24. The zero-order chi connectivity index (χ0) is 18.5. The Hall–Kier alpha value is -3.02. The van der Waals surface area contributed by atoms with E-state index in [1.807, 2.05) is 50.2 Å². The number of rotatable bonds is 5. The largest absolute Gasteiger partial charge is 0.492 e. The first-order valence-corrected chi connectivity index (χ1v) is 8.76. The first-order valence-electron chi connectivity index (χ1n) is 8.76. The molecule has 0 saturated carbocycles. The lowest BCUT2D eigenvalue weighted by Gasteiger charge is -2.18. The summed E-state index contributed by atoms with van der Waals surface area (Å²) >= 11 is 0. The van der Waals surface area contributed by atoms with E-state index in [1.165, 1.54) is 0 Å². The lowest BCUT2D eigenvalue weighted by atomic mass is 10.2. The molecule has 26 heavy (non-hydrogen) atoms. The molecule has 1 aliphatic heterocycles. The van der Waals surface area contributed by atoms with Crippen LogP contribution in [0.15, 0.2) is 48.5 Å².